The Labute approximate surface area is 191 Å². The van der Waals surface area contributed by atoms with Crippen molar-refractivity contribution in [2.75, 3.05) is 10.6 Å². The summed E-state index contributed by atoms with van der Waals surface area (Å²) in [6.07, 6.45) is 3.85. The van der Waals surface area contributed by atoms with Gasteiger partial charge in [-0.15, -0.1) is 0 Å². The van der Waals surface area contributed by atoms with Crippen LogP contribution < -0.4 is 20.7 Å². The number of aromatic nitrogens is 2. The summed E-state index contributed by atoms with van der Waals surface area (Å²) in [6.45, 7) is 4.03. The number of carbonyl (C=O) groups is 2. The van der Waals surface area contributed by atoms with Crippen molar-refractivity contribution in [3.63, 3.8) is 0 Å². The van der Waals surface area contributed by atoms with E-state index in [1.54, 1.807) is 42.5 Å². The van der Waals surface area contributed by atoms with Gasteiger partial charge in [0.1, 0.15) is 18.0 Å². The predicted octanol–water partition coefficient (Wildman–Crippen LogP) is 4.70. The van der Waals surface area contributed by atoms with Crippen LogP contribution in [-0.4, -0.2) is 27.4 Å². The molecule has 8 heteroatoms. The fraction of sp³-hybridized carbons (Fsp3) is 0.160. The maximum absolute atomic E-state index is 12.9. The molecule has 0 spiro atoms. The minimum absolute atomic E-state index is 0.0192. The molecule has 33 heavy (non-hydrogen) atoms. The fourth-order valence-corrected chi connectivity index (χ4v) is 3.29. The van der Waals surface area contributed by atoms with Crippen LogP contribution in [0.4, 0.5) is 16.2 Å². The highest BCUT2D eigenvalue weighted by Gasteiger charge is 2.14. The van der Waals surface area contributed by atoms with Crippen LogP contribution >= 0.6 is 0 Å². The van der Waals surface area contributed by atoms with Crippen molar-refractivity contribution in [3.05, 3.63) is 90.4 Å². The number of amides is 3. The number of para-hydroxylation sites is 1. The molecule has 4 aromatic rings. The summed E-state index contributed by atoms with van der Waals surface area (Å²) < 4.78 is 7.80. The zero-order valence-corrected chi connectivity index (χ0v) is 18.4. The van der Waals surface area contributed by atoms with Crippen molar-refractivity contribution in [3.8, 4) is 5.75 Å². The Bertz CT molecular complexity index is 1250. The van der Waals surface area contributed by atoms with E-state index in [1.165, 1.54) is 0 Å². The molecule has 0 fully saturated rings. The molecule has 168 valence electrons. The second-order valence-corrected chi connectivity index (χ2v) is 7.77. The zero-order chi connectivity index (χ0) is 23.2. The molecule has 0 bridgehead atoms. The lowest BCUT2D eigenvalue weighted by molar-refractivity contribution is 0.102. The normalized spacial score (nSPS) is 10.8. The number of imidazole rings is 1. The first-order chi connectivity index (χ1) is 16.0. The van der Waals surface area contributed by atoms with Gasteiger partial charge in [0, 0.05) is 30.2 Å². The monoisotopic (exact) mass is 443 g/mol. The number of carbonyl (C=O) groups excluding carboxylic acids is 2. The average Bonchev–Trinajstić information content (AvgIpc) is 3.21. The molecule has 0 aliphatic heterocycles. The summed E-state index contributed by atoms with van der Waals surface area (Å²) in [4.78, 5) is 29.5. The van der Waals surface area contributed by atoms with E-state index in [9.17, 15) is 9.59 Å². The zero-order valence-electron chi connectivity index (χ0n) is 18.4. The highest BCUT2D eigenvalue weighted by Crippen LogP contribution is 2.21. The van der Waals surface area contributed by atoms with Gasteiger partial charge in [-0.2, -0.15) is 0 Å². The standard InChI is InChI=1S/C25H25N5O3/c1-17(2)26-25(32)29-22-11-4-3-10-21(22)24(31)28-18-8-7-9-20(14-18)33-16-19-15-30-13-6-5-12-23(30)27-19/h3-15,17H,16H2,1-2H3,(H,28,31)(H2,26,29,32). The maximum Gasteiger partial charge on any atom is 0.319 e. The number of ether oxygens (including phenoxy) is 1. The molecular formula is C25H25N5O3. The molecule has 2 heterocycles. The molecule has 0 aliphatic carbocycles. The molecule has 3 N–H and O–H groups in total. The van der Waals surface area contributed by atoms with Crippen molar-refractivity contribution in [2.24, 2.45) is 0 Å². The molecule has 2 aromatic carbocycles. The quantitative estimate of drug-likeness (QED) is 0.386. The topological polar surface area (TPSA) is 96.8 Å². The van der Waals surface area contributed by atoms with Crippen LogP contribution in [0.1, 0.15) is 29.9 Å². The highest BCUT2D eigenvalue weighted by atomic mass is 16.5. The second-order valence-electron chi connectivity index (χ2n) is 7.77. The van der Waals surface area contributed by atoms with E-state index in [4.69, 9.17) is 4.74 Å². The molecule has 4 rings (SSSR count). The molecule has 8 nitrogen and oxygen atoms in total. The Kier molecular flexibility index (Phi) is 6.54. The lowest BCUT2D eigenvalue weighted by Crippen LogP contribution is -2.34. The molecule has 0 saturated heterocycles. The SMILES string of the molecule is CC(C)NC(=O)Nc1ccccc1C(=O)Nc1cccc(OCc2cn3ccccc3n2)c1. The molecule has 0 atom stereocenters. The van der Waals surface area contributed by atoms with E-state index < -0.39 is 0 Å². The molecule has 3 amide bonds. The van der Waals surface area contributed by atoms with Gasteiger partial charge in [0.2, 0.25) is 0 Å². The van der Waals surface area contributed by atoms with Crippen molar-refractivity contribution in [1.29, 1.82) is 0 Å². The maximum atomic E-state index is 12.9. The van der Waals surface area contributed by atoms with Crippen LogP contribution in [-0.2, 0) is 6.61 Å². The van der Waals surface area contributed by atoms with E-state index in [-0.39, 0.29) is 18.0 Å². The molecule has 0 unspecified atom stereocenters. The van der Waals surface area contributed by atoms with Crippen molar-refractivity contribution >= 4 is 29.0 Å². The van der Waals surface area contributed by atoms with Gasteiger partial charge in [-0.05, 0) is 50.2 Å². The second kappa shape index (κ2) is 9.86. The minimum atomic E-state index is -0.368. The van der Waals surface area contributed by atoms with E-state index in [2.05, 4.69) is 20.9 Å². The number of nitrogens with one attached hydrogen (secondary N) is 3. The van der Waals surface area contributed by atoms with Gasteiger partial charge in [-0.1, -0.05) is 24.3 Å². The van der Waals surface area contributed by atoms with Gasteiger partial charge in [0.25, 0.3) is 5.91 Å². The average molecular weight is 444 g/mol. The van der Waals surface area contributed by atoms with Gasteiger partial charge >= 0.3 is 6.03 Å². The van der Waals surface area contributed by atoms with Gasteiger partial charge in [0.05, 0.1) is 16.9 Å². The summed E-state index contributed by atoms with van der Waals surface area (Å²) in [7, 11) is 0. The van der Waals surface area contributed by atoms with Crippen LogP contribution in [0.15, 0.2) is 79.1 Å². The van der Waals surface area contributed by atoms with Crippen molar-refractivity contribution in [1.82, 2.24) is 14.7 Å². The molecule has 0 saturated carbocycles. The number of anilines is 2. The van der Waals surface area contributed by atoms with E-state index in [0.29, 0.717) is 29.3 Å². The van der Waals surface area contributed by atoms with Gasteiger partial charge in [0.15, 0.2) is 0 Å². The van der Waals surface area contributed by atoms with Gasteiger partial charge < -0.3 is 25.1 Å². The third-order valence-electron chi connectivity index (χ3n) is 4.73. The van der Waals surface area contributed by atoms with Crippen LogP contribution in [0.25, 0.3) is 5.65 Å². The first-order valence-corrected chi connectivity index (χ1v) is 10.6. The third-order valence-corrected chi connectivity index (χ3v) is 4.73. The van der Waals surface area contributed by atoms with Crippen molar-refractivity contribution < 1.29 is 14.3 Å². The van der Waals surface area contributed by atoms with E-state index in [0.717, 1.165) is 11.3 Å². The lowest BCUT2D eigenvalue weighted by Gasteiger charge is -2.14. The van der Waals surface area contributed by atoms with Crippen LogP contribution in [0.2, 0.25) is 0 Å². The Morgan fingerprint density at radius 2 is 1.82 bits per heavy atom. The summed E-state index contributed by atoms with van der Waals surface area (Å²) in [5.41, 5.74) is 3.01. The number of urea groups is 1. The smallest absolute Gasteiger partial charge is 0.319 e. The highest BCUT2D eigenvalue weighted by molar-refractivity contribution is 6.10. The number of hydrogen-bond donors (Lipinski definition) is 3. The van der Waals surface area contributed by atoms with Crippen molar-refractivity contribution in [2.45, 2.75) is 26.5 Å². The molecule has 0 aliphatic rings. The number of hydrogen-bond acceptors (Lipinski definition) is 4. The molecular weight excluding hydrogens is 418 g/mol. The number of benzene rings is 2. The summed E-state index contributed by atoms with van der Waals surface area (Å²) in [5, 5.41) is 8.33. The summed E-state index contributed by atoms with van der Waals surface area (Å²) in [6, 6.07) is 19.4. The minimum Gasteiger partial charge on any atom is -0.487 e. The Morgan fingerprint density at radius 1 is 1.00 bits per heavy atom. The first-order valence-electron chi connectivity index (χ1n) is 10.6. The largest absolute Gasteiger partial charge is 0.487 e. The predicted molar refractivity (Wildman–Crippen MR) is 128 cm³/mol. The molecule has 2 aromatic heterocycles. The Balaban J connectivity index is 1.42. The number of nitrogens with zero attached hydrogens (tertiary/aromatic N) is 2. The Hall–Kier alpha value is -4.33. The summed E-state index contributed by atoms with van der Waals surface area (Å²) >= 11 is 0. The number of fused-ring (bicyclic) bond motifs is 1. The van der Waals surface area contributed by atoms with Crippen LogP contribution in [0.5, 0.6) is 5.75 Å². The van der Waals surface area contributed by atoms with Crippen LogP contribution in [0.3, 0.4) is 0 Å². The number of rotatable bonds is 7. The Morgan fingerprint density at radius 3 is 2.64 bits per heavy atom. The van der Waals surface area contributed by atoms with Crippen LogP contribution in [0, 0.1) is 0 Å². The summed E-state index contributed by atoms with van der Waals surface area (Å²) in [5.74, 6) is 0.264. The van der Waals surface area contributed by atoms with E-state index >= 15 is 0 Å². The fourth-order valence-electron chi connectivity index (χ4n) is 3.29. The number of pyridine rings is 1. The molecule has 0 radical (unpaired) electrons. The van der Waals surface area contributed by atoms with Gasteiger partial charge in [-0.3, -0.25) is 4.79 Å². The first kappa shape index (κ1) is 21.9. The lowest BCUT2D eigenvalue weighted by atomic mass is 10.1. The van der Waals surface area contributed by atoms with Gasteiger partial charge in [-0.25, -0.2) is 9.78 Å². The van der Waals surface area contributed by atoms with E-state index in [1.807, 2.05) is 54.9 Å². The third kappa shape index (κ3) is 5.68.